The number of anilines is 2. The van der Waals surface area contributed by atoms with Gasteiger partial charge < -0.3 is 9.64 Å². The normalized spacial score (nSPS) is 14.4. The fourth-order valence-corrected chi connectivity index (χ4v) is 2.57. The zero-order valence-electron chi connectivity index (χ0n) is 14.3. The summed E-state index contributed by atoms with van der Waals surface area (Å²) < 4.78 is 5.14. The van der Waals surface area contributed by atoms with Gasteiger partial charge in [-0.05, 0) is 37.0 Å². The molecule has 0 spiro atoms. The number of nitrogens with zero attached hydrogens (tertiary/aromatic N) is 6. The average Bonchev–Trinajstić information content (AvgIpc) is 2.69. The molecule has 10 nitrogen and oxygen atoms in total. The van der Waals surface area contributed by atoms with E-state index in [-0.39, 0.29) is 17.6 Å². The number of non-ortho nitro benzene ring substituents is 1. The molecular weight excluding hydrogens is 338 g/mol. The Balaban J connectivity index is 1.71. The molecule has 0 amide bonds. The lowest BCUT2D eigenvalue weighted by Crippen LogP contribution is -2.31. The molecule has 136 valence electrons. The van der Waals surface area contributed by atoms with Crippen LogP contribution in [0.25, 0.3) is 0 Å². The fourth-order valence-electron chi connectivity index (χ4n) is 2.57. The third kappa shape index (κ3) is 4.41. The third-order valence-electron chi connectivity index (χ3n) is 3.91. The van der Waals surface area contributed by atoms with E-state index in [1.165, 1.54) is 31.9 Å². The van der Waals surface area contributed by atoms with Crippen LogP contribution in [0.5, 0.6) is 6.01 Å². The van der Waals surface area contributed by atoms with E-state index in [0.717, 1.165) is 25.9 Å². The molecule has 1 N–H and O–H groups in total. The maximum Gasteiger partial charge on any atom is 0.322 e. The molecule has 10 heteroatoms. The SMILES string of the molecule is COc1nc(N/N=C/c2ccc([N+](=O)[O-])cc2)nc(N2CCCCC2)n1. The third-order valence-corrected chi connectivity index (χ3v) is 3.91. The molecule has 2 aromatic rings. The summed E-state index contributed by atoms with van der Waals surface area (Å²) in [5, 5.41) is 14.7. The largest absolute Gasteiger partial charge is 0.467 e. The minimum Gasteiger partial charge on any atom is -0.467 e. The van der Waals surface area contributed by atoms with Crippen LogP contribution in [0.3, 0.4) is 0 Å². The van der Waals surface area contributed by atoms with Crippen LogP contribution >= 0.6 is 0 Å². The Hall–Kier alpha value is -3.30. The minimum atomic E-state index is -0.446. The number of hydrogen-bond acceptors (Lipinski definition) is 9. The molecule has 1 aliphatic rings. The summed E-state index contributed by atoms with van der Waals surface area (Å²) in [6.07, 6.45) is 4.95. The van der Waals surface area contributed by atoms with E-state index < -0.39 is 4.92 Å². The molecule has 1 fully saturated rings. The molecule has 1 aromatic carbocycles. The lowest BCUT2D eigenvalue weighted by molar-refractivity contribution is -0.384. The molecule has 0 aliphatic carbocycles. The van der Waals surface area contributed by atoms with E-state index in [2.05, 4.69) is 30.4 Å². The van der Waals surface area contributed by atoms with Gasteiger partial charge in [0.2, 0.25) is 5.95 Å². The Morgan fingerprint density at radius 1 is 1.19 bits per heavy atom. The predicted octanol–water partition coefficient (Wildman–Crippen LogP) is 2.22. The number of piperidine rings is 1. The van der Waals surface area contributed by atoms with E-state index in [1.54, 1.807) is 12.1 Å². The standard InChI is InChI=1S/C16H19N7O3/c1-26-16-19-14(18-15(20-16)22-9-3-2-4-10-22)21-17-11-12-5-7-13(8-6-12)23(24)25/h5-8,11H,2-4,9-10H2,1H3,(H,18,19,20,21)/b17-11+. The van der Waals surface area contributed by atoms with Gasteiger partial charge in [-0.15, -0.1) is 0 Å². The van der Waals surface area contributed by atoms with E-state index in [9.17, 15) is 10.1 Å². The van der Waals surface area contributed by atoms with Gasteiger partial charge in [0.05, 0.1) is 18.2 Å². The van der Waals surface area contributed by atoms with Crippen LogP contribution in [-0.2, 0) is 0 Å². The van der Waals surface area contributed by atoms with Crippen LogP contribution < -0.4 is 15.1 Å². The molecule has 0 atom stereocenters. The molecule has 1 aliphatic heterocycles. The van der Waals surface area contributed by atoms with Crippen molar-refractivity contribution in [3.8, 4) is 6.01 Å². The quantitative estimate of drug-likeness (QED) is 0.475. The van der Waals surface area contributed by atoms with E-state index in [1.807, 2.05) is 0 Å². The van der Waals surface area contributed by atoms with Crippen molar-refractivity contribution in [2.45, 2.75) is 19.3 Å². The van der Waals surface area contributed by atoms with Crippen molar-refractivity contribution in [2.75, 3.05) is 30.5 Å². The van der Waals surface area contributed by atoms with Crippen molar-refractivity contribution in [2.24, 2.45) is 5.10 Å². The van der Waals surface area contributed by atoms with E-state index in [4.69, 9.17) is 4.74 Å². The fraction of sp³-hybridized carbons (Fsp3) is 0.375. The highest BCUT2D eigenvalue weighted by Gasteiger charge is 2.16. The topological polar surface area (TPSA) is 119 Å². The van der Waals surface area contributed by atoms with Crippen LogP contribution in [0.1, 0.15) is 24.8 Å². The highest BCUT2D eigenvalue weighted by molar-refractivity contribution is 5.80. The van der Waals surface area contributed by atoms with Crippen molar-refractivity contribution in [3.05, 3.63) is 39.9 Å². The van der Waals surface area contributed by atoms with Gasteiger partial charge >= 0.3 is 6.01 Å². The van der Waals surface area contributed by atoms with Crippen LogP contribution in [0.2, 0.25) is 0 Å². The highest BCUT2D eigenvalue weighted by atomic mass is 16.6. The lowest BCUT2D eigenvalue weighted by Gasteiger charge is -2.26. The Morgan fingerprint density at radius 2 is 1.92 bits per heavy atom. The first-order chi connectivity index (χ1) is 12.7. The molecule has 0 bridgehead atoms. The van der Waals surface area contributed by atoms with Gasteiger partial charge in [-0.2, -0.15) is 20.1 Å². The number of aromatic nitrogens is 3. The summed E-state index contributed by atoms with van der Waals surface area (Å²) >= 11 is 0. The predicted molar refractivity (Wildman–Crippen MR) is 96.8 cm³/mol. The number of ether oxygens (including phenoxy) is 1. The summed E-state index contributed by atoms with van der Waals surface area (Å²) in [4.78, 5) is 25.1. The smallest absolute Gasteiger partial charge is 0.322 e. The molecule has 1 aromatic heterocycles. The molecule has 3 rings (SSSR count). The van der Waals surface area contributed by atoms with Crippen LogP contribution in [0, 0.1) is 10.1 Å². The number of benzene rings is 1. The molecule has 2 heterocycles. The number of nitrogens with one attached hydrogen (secondary N) is 1. The second-order valence-corrected chi connectivity index (χ2v) is 5.71. The zero-order valence-corrected chi connectivity index (χ0v) is 14.3. The summed E-state index contributed by atoms with van der Waals surface area (Å²) in [5.74, 6) is 0.833. The maximum atomic E-state index is 10.7. The molecule has 1 saturated heterocycles. The van der Waals surface area contributed by atoms with Gasteiger partial charge in [0.1, 0.15) is 0 Å². The van der Waals surface area contributed by atoms with E-state index >= 15 is 0 Å². The number of hydrazone groups is 1. The number of nitro benzene ring substituents is 1. The lowest BCUT2D eigenvalue weighted by atomic mass is 10.1. The Morgan fingerprint density at radius 3 is 2.58 bits per heavy atom. The molecule has 26 heavy (non-hydrogen) atoms. The summed E-state index contributed by atoms with van der Waals surface area (Å²) in [6, 6.07) is 6.27. The first-order valence-corrected chi connectivity index (χ1v) is 8.24. The van der Waals surface area contributed by atoms with Crippen LogP contribution in [0.15, 0.2) is 29.4 Å². The van der Waals surface area contributed by atoms with Gasteiger partial charge in [0.25, 0.3) is 11.6 Å². The Kier molecular flexibility index (Phi) is 5.52. The highest BCUT2D eigenvalue weighted by Crippen LogP contribution is 2.19. The zero-order chi connectivity index (χ0) is 18.4. The molecule has 0 unspecified atom stereocenters. The van der Waals surface area contributed by atoms with Crippen LogP contribution in [0.4, 0.5) is 17.6 Å². The number of methoxy groups -OCH3 is 1. The monoisotopic (exact) mass is 357 g/mol. The van der Waals surface area contributed by atoms with Crippen molar-refractivity contribution >= 4 is 23.8 Å². The summed E-state index contributed by atoms with van der Waals surface area (Å²) in [7, 11) is 1.50. The average molecular weight is 357 g/mol. The van der Waals surface area contributed by atoms with Gasteiger partial charge in [-0.3, -0.25) is 10.1 Å². The minimum absolute atomic E-state index is 0.0310. The van der Waals surface area contributed by atoms with Gasteiger partial charge in [-0.25, -0.2) is 5.43 Å². The Labute approximate surface area is 150 Å². The molecular formula is C16H19N7O3. The van der Waals surface area contributed by atoms with Crippen molar-refractivity contribution in [1.82, 2.24) is 15.0 Å². The number of hydrogen-bond donors (Lipinski definition) is 1. The van der Waals surface area contributed by atoms with E-state index in [0.29, 0.717) is 11.5 Å². The molecule has 0 radical (unpaired) electrons. The second kappa shape index (κ2) is 8.19. The van der Waals surface area contributed by atoms with Crippen molar-refractivity contribution < 1.29 is 9.66 Å². The Bertz CT molecular complexity index is 789. The number of nitro groups is 1. The molecule has 0 saturated carbocycles. The summed E-state index contributed by atoms with van der Waals surface area (Å²) in [5.41, 5.74) is 3.49. The first kappa shape index (κ1) is 17.5. The van der Waals surface area contributed by atoms with Gasteiger partial charge in [0, 0.05) is 25.2 Å². The van der Waals surface area contributed by atoms with Crippen LogP contribution in [-0.4, -0.2) is 46.3 Å². The van der Waals surface area contributed by atoms with Crippen molar-refractivity contribution in [3.63, 3.8) is 0 Å². The summed E-state index contributed by atoms with van der Waals surface area (Å²) in [6.45, 7) is 1.80. The maximum absolute atomic E-state index is 10.7. The van der Waals surface area contributed by atoms with Crippen molar-refractivity contribution in [1.29, 1.82) is 0 Å². The second-order valence-electron chi connectivity index (χ2n) is 5.71. The van der Waals surface area contributed by atoms with Gasteiger partial charge in [0.15, 0.2) is 0 Å². The van der Waals surface area contributed by atoms with Gasteiger partial charge in [-0.1, -0.05) is 0 Å². The number of rotatable bonds is 6. The first-order valence-electron chi connectivity index (χ1n) is 8.24.